The van der Waals surface area contributed by atoms with Gasteiger partial charge in [-0.25, -0.2) is 0 Å². The van der Waals surface area contributed by atoms with Crippen molar-refractivity contribution in [2.75, 3.05) is 6.54 Å². The minimum atomic E-state index is -0.161. The first-order valence-electron chi connectivity index (χ1n) is 6.18. The Morgan fingerprint density at radius 1 is 1.61 bits per heavy atom. The summed E-state index contributed by atoms with van der Waals surface area (Å²) in [5.41, 5.74) is 5.56. The van der Waals surface area contributed by atoms with E-state index in [1.807, 2.05) is 18.4 Å². The Morgan fingerprint density at radius 2 is 2.33 bits per heavy atom. The molecule has 0 bridgehead atoms. The topological polar surface area (TPSA) is 85.8 Å². The molecule has 3 N–H and O–H groups in total. The van der Waals surface area contributed by atoms with Gasteiger partial charge in [0, 0.05) is 19.1 Å². The van der Waals surface area contributed by atoms with Crippen LogP contribution in [-0.2, 0) is 11.3 Å². The van der Waals surface area contributed by atoms with Gasteiger partial charge in [-0.15, -0.1) is 10.2 Å². The molecule has 1 amide bonds. The van der Waals surface area contributed by atoms with Crippen LogP contribution < -0.4 is 11.1 Å². The highest BCUT2D eigenvalue weighted by Crippen LogP contribution is 2.24. The number of hydrogen-bond acceptors (Lipinski definition) is 5. The summed E-state index contributed by atoms with van der Waals surface area (Å²) >= 11 is 1.43. The maximum Gasteiger partial charge on any atom is 0.233 e. The number of rotatable bonds is 6. The molecule has 1 fully saturated rings. The van der Waals surface area contributed by atoms with E-state index in [1.54, 1.807) is 0 Å². The highest BCUT2D eigenvalue weighted by Gasteiger charge is 2.26. The Kier molecular flexibility index (Phi) is 4.23. The largest absolute Gasteiger partial charge is 0.352 e. The van der Waals surface area contributed by atoms with Gasteiger partial charge in [0.15, 0.2) is 5.16 Å². The first-order valence-corrected chi connectivity index (χ1v) is 7.06. The molecule has 0 saturated heterocycles. The van der Waals surface area contributed by atoms with Crippen LogP contribution in [0.3, 0.4) is 0 Å². The van der Waals surface area contributed by atoms with Gasteiger partial charge in [-0.3, -0.25) is 4.79 Å². The molecule has 0 aliphatic heterocycles. The fraction of sp³-hybridized carbons (Fsp3) is 0.727. The smallest absolute Gasteiger partial charge is 0.233 e. The lowest BCUT2D eigenvalue weighted by Gasteiger charge is -2.12. The predicted molar refractivity (Wildman–Crippen MR) is 70.3 cm³/mol. The van der Waals surface area contributed by atoms with E-state index in [0.29, 0.717) is 19.1 Å². The van der Waals surface area contributed by atoms with Gasteiger partial charge in [0.1, 0.15) is 5.82 Å². The molecule has 18 heavy (non-hydrogen) atoms. The van der Waals surface area contributed by atoms with E-state index in [9.17, 15) is 4.79 Å². The quantitative estimate of drug-likeness (QED) is 0.726. The highest BCUT2D eigenvalue weighted by atomic mass is 32.2. The summed E-state index contributed by atoms with van der Waals surface area (Å²) in [6.45, 7) is 4.99. The van der Waals surface area contributed by atoms with Crippen LogP contribution in [0, 0.1) is 6.92 Å². The Bertz CT molecular complexity index is 429. The van der Waals surface area contributed by atoms with Crippen molar-refractivity contribution in [2.45, 2.75) is 49.7 Å². The Hall–Kier alpha value is -1.08. The van der Waals surface area contributed by atoms with Gasteiger partial charge in [0.25, 0.3) is 0 Å². The number of thioether (sulfide) groups is 1. The second-order valence-electron chi connectivity index (χ2n) is 4.51. The molecule has 1 heterocycles. The van der Waals surface area contributed by atoms with E-state index >= 15 is 0 Å². The van der Waals surface area contributed by atoms with Gasteiger partial charge in [-0.05, 0) is 26.7 Å². The summed E-state index contributed by atoms with van der Waals surface area (Å²) in [5, 5.41) is 11.7. The van der Waals surface area contributed by atoms with Crippen LogP contribution in [0.5, 0.6) is 0 Å². The molecule has 0 radical (unpaired) electrons. The number of hydrogen-bond donors (Lipinski definition) is 2. The molecule has 1 atom stereocenters. The van der Waals surface area contributed by atoms with Gasteiger partial charge in [-0.1, -0.05) is 11.8 Å². The third-order valence-corrected chi connectivity index (χ3v) is 3.91. The zero-order valence-corrected chi connectivity index (χ0v) is 11.5. The molecular weight excluding hydrogens is 250 g/mol. The number of nitrogens with two attached hydrogens (primary N) is 1. The number of nitrogens with one attached hydrogen (secondary N) is 1. The lowest BCUT2D eigenvalue weighted by Crippen LogP contribution is -2.32. The SMILES string of the molecule is Cc1nnc(SC(C)C(=O)NC2CC2)n1CCN. The first-order chi connectivity index (χ1) is 8.61. The zero-order valence-electron chi connectivity index (χ0n) is 10.7. The number of nitrogens with zero attached hydrogens (tertiary/aromatic N) is 3. The standard InChI is InChI=1S/C11H19N5OS/c1-7(10(17)13-9-3-4-9)18-11-15-14-8(2)16(11)6-5-12/h7,9H,3-6,12H2,1-2H3,(H,13,17). The molecule has 1 aliphatic rings. The Morgan fingerprint density at radius 3 is 2.94 bits per heavy atom. The van der Waals surface area contributed by atoms with E-state index in [2.05, 4.69) is 15.5 Å². The number of carbonyl (C=O) groups excluding carboxylic acids is 1. The van der Waals surface area contributed by atoms with Crippen LogP contribution >= 0.6 is 11.8 Å². The van der Waals surface area contributed by atoms with Crippen molar-refractivity contribution in [1.29, 1.82) is 0 Å². The molecule has 0 aromatic carbocycles. The lowest BCUT2D eigenvalue weighted by molar-refractivity contribution is -0.120. The van der Waals surface area contributed by atoms with E-state index < -0.39 is 0 Å². The van der Waals surface area contributed by atoms with Crippen molar-refractivity contribution in [3.63, 3.8) is 0 Å². The minimum Gasteiger partial charge on any atom is -0.352 e. The fourth-order valence-electron chi connectivity index (χ4n) is 1.59. The van der Waals surface area contributed by atoms with Crippen LogP contribution in [0.25, 0.3) is 0 Å². The normalized spacial score (nSPS) is 16.6. The molecule has 7 heteroatoms. The van der Waals surface area contributed by atoms with Crippen molar-refractivity contribution >= 4 is 17.7 Å². The molecule has 1 aromatic rings. The average molecular weight is 269 g/mol. The predicted octanol–water partition coefficient (Wildman–Crippen LogP) is 0.304. The minimum absolute atomic E-state index is 0.0717. The van der Waals surface area contributed by atoms with Gasteiger partial charge in [-0.2, -0.15) is 0 Å². The molecule has 6 nitrogen and oxygen atoms in total. The van der Waals surface area contributed by atoms with Gasteiger partial charge in [0.2, 0.25) is 5.91 Å². The average Bonchev–Trinajstić information content (AvgIpc) is 3.09. The number of amides is 1. The summed E-state index contributed by atoms with van der Waals surface area (Å²) in [7, 11) is 0. The molecule has 1 aromatic heterocycles. The number of aryl methyl sites for hydroxylation is 1. The van der Waals surface area contributed by atoms with E-state index in [0.717, 1.165) is 23.8 Å². The van der Waals surface area contributed by atoms with Crippen LogP contribution in [0.15, 0.2) is 5.16 Å². The molecule has 0 spiro atoms. The summed E-state index contributed by atoms with van der Waals surface area (Å²) in [6, 6.07) is 0.393. The monoisotopic (exact) mass is 269 g/mol. The molecule has 2 rings (SSSR count). The van der Waals surface area contributed by atoms with E-state index in [4.69, 9.17) is 5.73 Å². The summed E-state index contributed by atoms with van der Waals surface area (Å²) in [5.74, 6) is 0.903. The van der Waals surface area contributed by atoms with Crippen LogP contribution in [0.2, 0.25) is 0 Å². The molecule has 1 saturated carbocycles. The van der Waals surface area contributed by atoms with Crippen LogP contribution in [0.4, 0.5) is 0 Å². The zero-order chi connectivity index (χ0) is 13.1. The summed E-state index contributed by atoms with van der Waals surface area (Å²) < 4.78 is 1.95. The van der Waals surface area contributed by atoms with Gasteiger partial charge >= 0.3 is 0 Å². The van der Waals surface area contributed by atoms with E-state index in [-0.39, 0.29) is 11.2 Å². The fourth-order valence-corrected chi connectivity index (χ4v) is 2.52. The van der Waals surface area contributed by atoms with Crippen LogP contribution in [-0.4, -0.2) is 38.5 Å². The van der Waals surface area contributed by atoms with E-state index in [1.165, 1.54) is 11.8 Å². The third kappa shape index (κ3) is 3.23. The van der Waals surface area contributed by atoms with Crippen molar-refractivity contribution in [3.05, 3.63) is 5.82 Å². The highest BCUT2D eigenvalue weighted by molar-refractivity contribution is 8.00. The van der Waals surface area contributed by atoms with Gasteiger partial charge in [0.05, 0.1) is 5.25 Å². The second kappa shape index (κ2) is 5.71. The van der Waals surface area contributed by atoms with Crippen molar-refractivity contribution in [2.24, 2.45) is 5.73 Å². The third-order valence-electron chi connectivity index (χ3n) is 2.83. The number of carbonyl (C=O) groups is 1. The summed E-state index contributed by atoms with van der Waals surface area (Å²) in [6.07, 6.45) is 2.21. The molecular formula is C11H19N5OS. The number of aromatic nitrogens is 3. The van der Waals surface area contributed by atoms with Crippen molar-refractivity contribution in [3.8, 4) is 0 Å². The van der Waals surface area contributed by atoms with Crippen molar-refractivity contribution in [1.82, 2.24) is 20.1 Å². The Labute approximate surface area is 111 Å². The first kappa shape index (κ1) is 13.4. The maximum absolute atomic E-state index is 11.9. The second-order valence-corrected chi connectivity index (χ2v) is 5.82. The molecule has 100 valence electrons. The van der Waals surface area contributed by atoms with Crippen molar-refractivity contribution < 1.29 is 4.79 Å². The maximum atomic E-state index is 11.9. The van der Waals surface area contributed by atoms with Gasteiger partial charge < -0.3 is 15.6 Å². The molecule has 1 unspecified atom stereocenters. The molecule has 1 aliphatic carbocycles. The Balaban J connectivity index is 1.96. The van der Waals surface area contributed by atoms with Crippen LogP contribution in [0.1, 0.15) is 25.6 Å². The lowest BCUT2D eigenvalue weighted by atomic mass is 10.4. The summed E-state index contributed by atoms with van der Waals surface area (Å²) in [4.78, 5) is 11.9.